The van der Waals surface area contributed by atoms with Gasteiger partial charge >= 0.3 is 5.97 Å². The summed E-state index contributed by atoms with van der Waals surface area (Å²) in [5.74, 6) is -1.45. The van der Waals surface area contributed by atoms with Gasteiger partial charge in [0.25, 0.3) is 0 Å². The van der Waals surface area contributed by atoms with Crippen LogP contribution < -0.4 is 10.6 Å². The van der Waals surface area contributed by atoms with E-state index in [9.17, 15) is 14.4 Å². The van der Waals surface area contributed by atoms with Crippen LogP contribution in [0.2, 0.25) is 0 Å². The molecule has 2 amide bonds. The van der Waals surface area contributed by atoms with E-state index in [-0.39, 0.29) is 23.3 Å². The van der Waals surface area contributed by atoms with Crippen LogP contribution in [0.25, 0.3) is 0 Å². The lowest BCUT2D eigenvalue weighted by atomic mass is 10.1. The van der Waals surface area contributed by atoms with Gasteiger partial charge in [-0.3, -0.25) is 14.4 Å². The molecular weight excluding hydrogens is 232 g/mol. The average Bonchev–Trinajstić information content (AvgIpc) is 2.21. The summed E-state index contributed by atoms with van der Waals surface area (Å²) >= 11 is 1.02. The molecule has 3 N–H and O–H groups in total. The predicted octanol–water partition coefficient (Wildman–Crippen LogP) is -0.801. The van der Waals surface area contributed by atoms with Gasteiger partial charge in [-0.25, -0.2) is 0 Å². The fourth-order valence-corrected chi connectivity index (χ4v) is 1.92. The summed E-state index contributed by atoms with van der Waals surface area (Å²) in [6.45, 7) is 0.652. The van der Waals surface area contributed by atoms with Crippen molar-refractivity contribution in [2.24, 2.45) is 0 Å². The number of hydrogen-bond donors (Lipinski definition) is 3. The van der Waals surface area contributed by atoms with Gasteiger partial charge in [0.2, 0.25) is 11.8 Å². The maximum absolute atomic E-state index is 11.3. The monoisotopic (exact) mass is 246 g/mol. The maximum Gasteiger partial charge on any atom is 0.313 e. The molecule has 0 aliphatic carbocycles. The van der Waals surface area contributed by atoms with Crippen LogP contribution >= 0.6 is 11.8 Å². The minimum atomic E-state index is -0.951. The van der Waals surface area contributed by atoms with Crippen molar-refractivity contribution >= 4 is 29.5 Å². The summed E-state index contributed by atoms with van der Waals surface area (Å²) in [5.41, 5.74) is 0. The molecule has 1 fully saturated rings. The molecule has 0 aromatic heterocycles. The lowest BCUT2D eigenvalue weighted by Crippen LogP contribution is -2.50. The second kappa shape index (κ2) is 6.37. The van der Waals surface area contributed by atoms with Gasteiger partial charge in [0, 0.05) is 6.54 Å². The number of carbonyl (C=O) groups is 3. The number of carboxylic acid groups (broad SMARTS) is 1. The van der Waals surface area contributed by atoms with Crippen LogP contribution in [0.15, 0.2) is 0 Å². The van der Waals surface area contributed by atoms with Crippen LogP contribution in [-0.4, -0.2) is 47.0 Å². The van der Waals surface area contributed by atoms with E-state index in [4.69, 9.17) is 5.11 Å². The Morgan fingerprint density at radius 1 is 1.50 bits per heavy atom. The van der Waals surface area contributed by atoms with Crippen molar-refractivity contribution in [3.05, 3.63) is 0 Å². The van der Waals surface area contributed by atoms with Gasteiger partial charge in [-0.2, -0.15) is 0 Å². The van der Waals surface area contributed by atoms with E-state index in [1.165, 1.54) is 0 Å². The van der Waals surface area contributed by atoms with Crippen LogP contribution in [0.3, 0.4) is 0 Å². The van der Waals surface area contributed by atoms with E-state index < -0.39 is 12.0 Å². The molecule has 16 heavy (non-hydrogen) atoms. The van der Waals surface area contributed by atoms with Gasteiger partial charge in [-0.15, -0.1) is 11.8 Å². The van der Waals surface area contributed by atoms with E-state index in [0.717, 1.165) is 18.2 Å². The third kappa shape index (κ3) is 4.52. The first-order chi connectivity index (χ1) is 7.59. The van der Waals surface area contributed by atoms with Crippen LogP contribution in [0, 0.1) is 0 Å². The number of hydrogen-bond acceptors (Lipinski definition) is 4. The quantitative estimate of drug-likeness (QED) is 0.590. The van der Waals surface area contributed by atoms with Gasteiger partial charge in [0.1, 0.15) is 6.04 Å². The molecule has 1 atom stereocenters. The molecule has 0 aromatic carbocycles. The molecule has 0 bridgehead atoms. The van der Waals surface area contributed by atoms with Crippen molar-refractivity contribution in [1.82, 2.24) is 10.6 Å². The van der Waals surface area contributed by atoms with Crippen LogP contribution in [0.5, 0.6) is 0 Å². The summed E-state index contributed by atoms with van der Waals surface area (Å²) in [4.78, 5) is 32.8. The van der Waals surface area contributed by atoms with Crippen LogP contribution in [-0.2, 0) is 14.4 Å². The third-order valence-electron chi connectivity index (χ3n) is 2.08. The number of aliphatic carboxylic acids is 1. The molecule has 7 heteroatoms. The summed E-state index contributed by atoms with van der Waals surface area (Å²) in [6.07, 6.45) is 1.49. The standard InChI is InChI=1S/C9H14N2O4S/c12-7(4-16-5-8(13)14)11-6-2-1-3-10-9(6)15/h6H,1-5H2,(H,10,15)(H,11,12)(H,13,14). The number of amides is 2. The Bertz CT molecular complexity index is 295. The zero-order valence-corrected chi connectivity index (χ0v) is 9.51. The Kier molecular flexibility index (Phi) is 5.10. The molecule has 0 spiro atoms. The second-order valence-corrected chi connectivity index (χ2v) is 4.43. The van der Waals surface area contributed by atoms with Crippen molar-refractivity contribution in [3.8, 4) is 0 Å². The number of piperidine rings is 1. The number of rotatable bonds is 5. The van der Waals surface area contributed by atoms with Crippen molar-refractivity contribution in [2.75, 3.05) is 18.1 Å². The topological polar surface area (TPSA) is 95.5 Å². The van der Waals surface area contributed by atoms with E-state index in [0.29, 0.717) is 13.0 Å². The number of thioether (sulfide) groups is 1. The molecule has 6 nitrogen and oxygen atoms in total. The average molecular weight is 246 g/mol. The molecule has 0 aromatic rings. The molecule has 90 valence electrons. The highest BCUT2D eigenvalue weighted by atomic mass is 32.2. The van der Waals surface area contributed by atoms with Gasteiger partial charge in [-0.1, -0.05) is 0 Å². The molecule has 1 rings (SSSR count). The Hall–Kier alpha value is -1.24. The second-order valence-electron chi connectivity index (χ2n) is 3.44. The Morgan fingerprint density at radius 2 is 2.25 bits per heavy atom. The highest BCUT2D eigenvalue weighted by Gasteiger charge is 2.23. The molecular formula is C9H14N2O4S. The Balaban J connectivity index is 2.22. The van der Waals surface area contributed by atoms with E-state index in [2.05, 4.69) is 10.6 Å². The lowest BCUT2D eigenvalue weighted by molar-refractivity contribution is -0.134. The summed E-state index contributed by atoms with van der Waals surface area (Å²) in [6, 6.07) is -0.466. The minimum Gasteiger partial charge on any atom is -0.481 e. The molecule has 1 heterocycles. The number of carbonyl (C=O) groups excluding carboxylic acids is 2. The molecule has 0 saturated carbocycles. The fourth-order valence-electron chi connectivity index (χ4n) is 1.38. The van der Waals surface area contributed by atoms with E-state index >= 15 is 0 Å². The Labute approximate surface area is 97.2 Å². The van der Waals surface area contributed by atoms with Crippen molar-refractivity contribution in [2.45, 2.75) is 18.9 Å². The Morgan fingerprint density at radius 3 is 2.88 bits per heavy atom. The molecule has 1 unspecified atom stereocenters. The highest BCUT2D eigenvalue weighted by molar-refractivity contribution is 8.00. The zero-order valence-electron chi connectivity index (χ0n) is 8.69. The van der Waals surface area contributed by atoms with Gasteiger partial charge < -0.3 is 15.7 Å². The summed E-state index contributed by atoms with van der Waals surface area (Å²) in [5, 5.41) is 13.6. The first kappa shape index (κ1) is 12.8. The smallest absolute Gasteiger partial charge is 0.313 e. The predicted molar refractivity (Wildman–Crippen MR) is 59.1 cm³/mol. The fraction of sp³-hybridized carbons (Fsp3) is 0.667. The maximum atomic E-state index is 11.3. The molecule has 1 aliphatic heterocycles. The number of nitrogens with one attached hydrogen (secondary N) is 2. The summed E-state index contributed by atoms with van der Waals surface area (Å²) < 4.78 is 0. The third-order valence-corrected chi connectivity index (χ3v) is 3.00. The van der Waals surface area contributed by atoms with Gasteiger partial charge in [0.15, 0.2) is 0 Å². The van der Waals surface area contributed by atoms with Crippen molar-refractivity contribution < 1.29 is 19.5 Å². The largest absolute Gasteiger partial charge is 0.481 e. The van der Waals surface area contributed by atoms with Gasteiger partial charge in [0.05, 0.1) is 11.5 Å². The van der Waals surface area contributed by atoms with Crippen molar-refractivity contribution in [1.29, 1.82) is 0 Å². The molecule has 0 radical (unpaired) electrons. The van der Waals surface area contributed by atoms with E-state index in [1.807, 2.05) is 0 Å². The van der Waals surface area contributed by atoms with Crippen LogP contribution in [0.4, 0.5) is 0 Å². The van der Waals surface area contributed by atoms with Crippen molar-refractivity contribution in [3.63, 3.8) is 0 Å². The SMILES string of the molecule is O=C(O)CSCC(=O)NC1CCCNC1=O. The van der Waals surface area contributed by atoms with Crippen LogP contribution in [0.1, 0.15) is 12.8 Å². The zero-order chi connectivity index (χ0) is 12.0. The molecule has 1 saturated heterocycles. The summed E-state index contributed by atoms with van der Waals surface area (Å²) in [7, 11) is 0. The van der Waals surface area contributed by atoms with Gasteiger partial charge in [-0.05, 0) is 12.8 Å². The normalized spacial score (nSPS) is 20.0. The highest BCUT2D eigenvalue weighted by Crippen LogP contribution is 2.04. The van der Waals surface area contributed by atoms with E-state index in [1.54, 1.807) is 0 Å². The first-order valence-electron chi connectivity index (χ1n) is 4.96. The lowest BCUT2D eigenvalue weighted by Gasteiger charge is -2.22. The molecule has 1 aliphatic rings. The minimum absolute atomic E-state index is 0.0656. The first-order valence-corrected chi connectivity index (χ1v) is 6.11. The number of carboxylic acids is 1.